The van der Waals surface area contributed by atoms with Crippen LogP contribution in [0, 0.1) is 6.92 Å². The lowest BCUT2D eigenvalue weighted by Crippen LogP contribution is -2.31. The number of benzene rings is 1. The predicted molar refractivity (Wildman–Crippen MR) is 74.6 cm³/mol. The second-order valence-electron chi connectivity index (χ2n) is 4.35. The van der Waals surface area contributed by atoms with Crippen LogP contribution in [0.25, 0.3) is 0 Å². The zero-order valence-corrected chi connectivity index (χ0v) is 12.2. The quantitative estimate of drug-likeness (QED) is 0.746. The van der Waals surface area contributed by atoms with Gasteiger partial charge in [0.15, 0.2) is 0 Å². The van der Waals surface area contributed by atoms with Crippen LogP contribution in [-0.4, -0.2) is 34.3 Å². The molecule has 6 heteroatoms. The van der Waals surface area contributed by atoms with E-state index >= 15 is 0 Å². The fourth-order valence-corrected chi connectivity index (χ4v) is 2.63. The third kappa shape index (κ3) is 4.90. The highest BCUT2D eigenvalue weighted by Crippen LogP contribution is 2.18. The minimum Gasteiger partial charge on any atom is -0.469 e. The normalized spacial score (nSPS) is 11.1. The average Bonchev–Trinajstić information content (AvgIpc) is 2.34. The average molecular weight is 285 g/mol. The number of hydrogen-bond donors (Lipinski definition) is 0. The molecule has 0 spiro atoms. The lowest BCUT2D eigenvalue weighted by atomic mass is 10.2. The molecule has 0 atom stereocenters. The highest BCUT2D eigenvalue weighted by atomic mass is 32.2. The summed E-state index contributed by atoms with van der Waals surface area (Å²) in [7, 11) is -2.04. The van der Waals surface area contributed by atoms with E-state index in [0.29, 0.717) is 12.1 Å². The van der Waals surface area contributed by atoms with Crippen molar-refractivity contribution >= 4 is 21.7 Å². The Labute approximate surface area is 114 Å². The van der Waals surface area contributed by atoms with Gasteiger partial charge in [-0.15, -0.1) is 0 Å². The van der Waals surface area contributed by atoms with E-state index in [0.717, 1.165) is 11.8 Å². The first-order valence-corrected chi connectivity index (χ1v) is 7.80. The van der Waals surface area contributed by atoms with Gasteiger partial charge in [-0.2, -0.15) is 0 Å². The topological polar surface area (TPSA) is 63.7 Å². The number of ether oxygens (including phenoxy) is 1. The molecule has 0 heterocycles. The number of rotatable bonds is 6. The maximum absolute atomic E-state index is 11.8. The van der Waals surface area contributed by atoms with Crippen LogP contribution in [-0.2, 0) is 19.6 Å². The smallest absolute Gasteiger partial charge is 0.305 e. The number of carbonyl (C=O) groups excluding carboxylic acids is 1. The van der Waals surface area contributed by atoms with Crippen LogP contribution in [0.5, 0.6) is 0 Å². The minimum atomic E-state index is -3.35. The second-order valence-corrected chi connectivity index (χ2v) is 6.26. The largest absolute Gasteiger partial charge is 0.469 e. The molecule has 0 saturated carbocycles. The summed E-state index contributed by atoms with van der Waals surface area (Å²) in [6.07, 6.45) is 1.78. The van der Waals surface area contributed by atoms with Crippen molar-refractivity contribution in [2.24, 2.45) is 0 Å². The number of methoxy groups -OCH3 is 1. The van der Waals surface area contributed by atoms with E-state index in [-0.39, 0.29) is 18.9 Å². The molecule has 0 aliphatic carbocycles. The van der Waals surface area contributed by atoms with Gasteiger partial charge < -0.3 is 4.74 Å². The molecule has 0 amide bonds. The van der Waals surface area contributed by atoms with Gasteiger partial charge in [-0.05, 0) is 25.5 Å². The molecule has 0 N–H and O–H groups in total. The van der Waals surface area contributed by atoms with Crippen LogP contribution in [0.1, 0.15) is 18.4 Å². The molecule has 5 nitrogen and oxygen atoms in total. The second kappa shape index (κ2) is 6.56. The van der Waals surface area contributed by atoms with E-state index < -0.39 is 10.0 Å². The van der Waals surface area contributed by atoms with Gasteiger partial charge in [-0.1, -0.05) is 17.7 Å². The van der Waals surface area contributed by atoms with E-state index in [9.17, 15) is 13.2 Å². The van der Waals surface area contributed by atoms with Crippen molar-refractivity contribution in [3.8, 4) is 0 Å². The molecule has 0 unspecified atom stereocenters. The van der Waals surface area contributed by atoms with E-state index in [1.165, 1.54) is 11.4 Å². The zero-order chi connectivity index (χ0) is 14.5. The molecule has 0 bridgehead atoms. The Kier molecular flexibility index (Phi) is 5.35. The first-order chi connectivity index (χ1) is 8.84. The van der Waals surface area contributed by atoms with Crippen molar-refractivity contribution in [2.75, 3.05) is 24.2 Å². The third-order valence-electron chi connectivity index (χ3n) is 2.69. The third-order valence-corrected chi connectivity index (χ3v) is 3.89. The van der Waals surface area contributed by atoms with Gasteiger partial charge in [0.05, 0.1) is 19.1 Å². The Morgan fingerprint density at radius 2 is 1.84 bits per heavy atom. The number of esters is 1. The van der Waals surface area contributed by atoms with Crippen molar-refractivity contribution in [3.63, 3.8) is 0 Å². The predicted octanol–water partition coefficient (Wildman–Crippen LogP) is 1.71. The number of nitrogens with zero attached hydrogens (tertiary/aromatic N) is 1. The van der Waals surface area contributed by atoms with Gasteiger partial charge in [0.25, 0.3) is 0 Å². The van der Waals surface area contributed by atoms with Crippen LogP contribution in [0.3, 0.4) is 0 Å². The van der Waals surface area contributed by atoms with Crippen molar-refractivity contribution in [1.29, 1.82) is 0 Å². The summed E-state index contributed by atoms with van der Waals surface area (Å²) in [5.41, 5.74) is 1.67. The molecule has 19 heavy (non-hydrogen) atoms. The van der Waals surface area contributed by atoms with Gasteiger partial charge >= 0.3 is 5.97 Å². The van der Waals surface area contributed by atoms with Gasteiger partial charge in [0, 0.05) is 13.0 Å². The number of aryl methyl sites for hydroxylation is 1. The maximum Gasteiger partial charge on any atom is 0.305 e. The lowest BCUT2D eigenvalue weighted by molar-refractivity contribution is -0.140. The summed E-state index contributed by atoms with van der Waals surface area (Å²) in [4.78, 5) is 11.0. The summed E-state index contributed by atoms with van der Waals surface area (Å²) in [6, 6.07) is 7.23. The Balaban J connectivity index is 2.79. The molecule has 0 fully saturated rings. The fraction of sp³-hybridized carbons (Fsp3) is 0.462. The summed E-state index contributed by atoms with van der Waals surface area (Å²) in [5.74, 6) is -0.336. The molecule has 0 aliphatic rings. The molecule has 1 aromatic carbocycles. The van der Waals surface area contributed by atoms with Crippen molar-refractivity contribution in [1.82, 2.24) is 0 Å². The van der Waals surface area contributed by atoms with E-state index in [4.69, 9.17) is 0 Å². The molecular formula is C13H19NO4S. The molecule has 0 saturated heterocycles. The monoisotopic (exact) mass is 285 g/mol. The van der Waals surface area contributed by atoms with Gasteiger partial charge in [-0.25, -0.2) is 8.42 Å². The van der Waals surface area contributed by atoms with Crippen LogP contribution in [0.2, 0.25) is 0 Å². The van der Waals surface area contributed by atoms with Crippen molar-refractivity contribution in [2.45, 2.75) is 19.8 Å². The molecule has 0 aliphatic heterocycles. The Hall–Kier alpha value is -1.56. The van der Waals surface area contributed by atoms with Crippen LogP contribution < -0.4 is 4.31 Å². The van der Waals surface area contributed by atoms with Crippen molar-refractivity contribution in [3.05, 3.63) is 29.8 Å². The number of hydrogen-bond acceptors (Lipinski definition) is 4. The van der Waals surface area contributed by atoms with Gasteiger partial charge in [0.1, 0.15) is 0 Å². The molecule has 1 aromatic rings. The highest BCUT2D eigenvalue weighted by Gasteiger charge is 2.17. The highest BCUT2D eigenvalue weighted by molar-refractivity contribution is 7.92. The number of sulfonamides is 1. The molecule has 1 rings (SSSR count). The summed E-state index contributed by atoms with van der Waals surface area (Å²) in [5, 5.41) is 0. The van der Waals surface area contributed by atoms with Gasteiger partial charge in [-0.3, -0.25) is 9.10 Å². The van der Waals surface area contributed by atoms with E-state index in [1.54, 1.807) is 12.1 Å². The van der Waals surface area contributed by atoms with E-state index in [2.05, 4.69) is 4.74 Å². The number of anilines is 1. The van der Waals surface area contributed by atoms with E-state index in [1.807, 2.05) is 19.1 Å². The Bertz CT molecular complexity index is 522. The van der Waals surface area contributed by atoms with Gasteiger partial charge in [0.2, 0.25) is 10.0 Å². The van der Waals surface area contributed by atoms with Crippen LogP contribution in [0.15, 0.2) is 24.3 Å². The maximum atomic E-state index is 11.8. The van der Waals surface area contributed by atoms with Crippen LogP contribution in [0.4, 0.5) is 5.69 Å². The molecule has 0 radical (unpaired) electrons. The summed E-state index contributed by atoms with van der Waals surface area (Å²) >= 11 is 0. The molecule has 106 valence electrons. The minimum absolute atomic E-state index is 0.203. The lowest BCUT2D eigenvalue weighted by Gasteiger charge is -2.22. The first kappa shape index (κ1) is 15.5. The zero-order valence-electron chi connectivity index (χ0n) is 11.4. The SMILES string of the molecule is COC(=O)CCCN(c1ccc(C)cc1)S(C)(=O)=O. The summed E-state index contributed by atoms with van der Waals surface area (Å²) in [6.45, 7) is 2.20. The van der Waals surface area contributed by atoms with Crippen molar-refractivity contribution < 1.29 is 17.9 Å². The Morgan fingerprint density at radius 1 is 1.26 bits per heavy atom. The molecular weight excluding hydrogens is 266 g/mol. The van der Waals surface area contributed by atoms with Crippen LogP contribution >= 0.6 is 0 Å². The summed E-state index contributed by atoms with van der Waals surface area (Å²) < 4.78 is 29.4. The molecule has 0 aromatic heterocycles. The standard InChI is InChI=1S/C13H19NO4S/c1-11-6-8-12(9-7-11)14(19(3,16)17)10-4-5-13(15)18-2/h6-9H,4-5,10H2,1-3H3. The Morgan fingerprint density at radius 3 is 2.32 bits per heavy atom. The fourth-order valence-electron chi connectivity index (χ4n) is 1.67. The number of carbonyl (C=O) groups is 1. The first-order valence-electron chi connectivity index (χ1n) is 5.96.